The van der Waals surface area contributed by atoms with Gasteiger partial charge in [0, 0.05) is 37.4 Å². The maximum absolute atomic E-state index is 11.8. The van der Waals surface area contributed by atoms with Crippen molar-refractivity contribution in [2.75, 3.05) is 19.0 Å². The Morgan fingerprint density at radius 1 is 1.18 bits per heavy atom. The first kappa shape index (κ1) is 16.1. The molecular formula is C18H19ClN2O. The van der Waals surface area contributed by atoms with E-state index in [2.05, 4.69) is 5.32 Å². The number of carbonyl (C=O) groups excluding carboxylic acids is 1. The smallest absolute Gasteiger partial charge is 0.244 e. The van der Waals surface area contributed by atoms with Gasteiger partial charge in [-0.2, -0.15) is 0 Å². The predicted octanol–water partition coefficient (Wildman–Crippen LogP) is 3.74. The summed E-state index contributed by atoms with van der Waals surface area (Å²) in [4.78, 5) is 13.8. The second-order valence-corrected chi connectivity index (χ2v) is 5.60. The number of rotatable bonds is 5. The molecule has 4 heteroatoms. The molecule has 1 amide bonds. The Morgan fingerprint density at radius 3 is 2.55 bits per heavy atom. The number of anilines is 1. The second-order valence-electron chi connectivity index (χ2n) is 5.17. The van der Waals surface area contributed by atoms with Crippen molar-refractivity contribution in [3.05, 3.63) is 70.8 Å². The molecule has 0 aliphatic rings. The van der Waals surface area contributed by atoms with Gasteiger partial charge in [0.05, 0.1) is 0 Å². The maximum atomic E-state index is 11.8. The number of halogens is 1. The van der Waals surface area contributed by atoms with Crippen LogP contribution in [0.25, 0.3) is 6.08 Å². The molecule has 0 radical (unpaired) electrons. The van der Waals surface area contributed by atoms with Crippen molar-refractivity contribution in [1.29, 1.82) is 0 Å². The van der Waals surface area contributed by atoms with E-state index in [-0.39, 0.29) is 5.91 Å². The summed E-state index contributed by atoms with van der Waals surface area (Å²) in [6.45, 7) is 0.506. The van der Waals surface area contributed by atoms with E-state index in [0.29, 0.717) is 11.6 Å². The number of benzene rings is 2. The van der Waals surface area contributed by atoms with Gasteiger partial charge in [-0.05, 0) is 41.5 Å². The lowest BCUT2D eigenvalue weighted by molar-refractivity contribution is -0.116. The highest BCUT2D eigenvalue weighted by atomic mass is 35.5. The highest BCUT2D eigenvalue weighted by molar-refractivity contribution is 6.30. The third kappa shape index (κ3) is 4.93. The van der Waals surface area contributed by atoms with Crippen LogP contribution in [0.4, 0.5) is 5.69 Å². The van der Waals surface area contributed by atoms with Gasteiger partial charge in [0.15, 0.2) is 0 Å². The minimum absolute atomic E-state index is 0.128. The molecule has 22 heavy (non-hydrogen) atoms. The van der Waals surface area contributed by atoms with Crippen LogP contribution in [0.1, 0.15) is 11.1 Å². The van der Waals surface area contributed by atoms with Crippen LogP contribution in [-0.2, 0) is 11.3 Å². The Bertz CT molecular complexity index is 663. The van der Waals surface area contributed by atoms with E-state index < -0.39 is 0 Å². The van der Waals surface area contributed by atoms with Gasteiger partial charge in [-0.25, -0.2) is 0 Å². The van der Waals surface area contributed by atoms with Crippen LogP contribution in [0.15, 0.2) is 54.6 Å². The molecule has 114 valence electrons. The van der Waals surface area contributed by atoms with Gasteiger partial charge in [0.2, 0.25) is 5.91 Å². The quantitative estimate of drug-likeness (QED) is 0.853. The molecule has 0 atom stereocenters. The van der Waals surface area contributed by atoms with E-state index in [1.807, 2.05) is 61.5 Å². The molecule has 2 aromatic carbocycles. The van der Waals surface area contributed by atoms with Gasteiger partial charge in [-0.3, -0.25) is 4.79 Å². The maximum Gasteiger partial charge on any atom is 0.244 e. The van der Waals surface area contributed by atoms with Crippen LogP contribution in [-0.4, -0.2) is 20.0 Å². The van der Waals surface area contributed by atoms with Crippen LogP contribution in [0, 0.1) is 0 Å². The fourth-order valence-corrected chi connectivity index (χ4v) is 2.14. The zero-order valence-corrected chi connectivity index (χ0v) is 13.5. The SMILES string of the molecule is CN(C)c1ccc(CNC(=O)/C=C/c2cccc(Cl)c2)cc1. The number of nitrogens with zero attached hydrogens (tertiary/aromatic N) is 1. The summed E-state index contributed by atoms with van der Waals surface area (Å²) in [5.41, 5.74) is 3.10. The molecule has 3 nitrogen and oxygen atoms in total. The summed E-state index contributed by atoms with van der Waals surface area (Å²) in [5, 5.41) is 3.52. The van der Waals surface area contributed by atoms with Gasteiger partial charge in [0.25, 0.3) is 0 Å². The molecule has 2 rings (SSSR count). The molecule has 2 aromatic rings. The van der Waals surface area contributed by atoms with E-state index in [4.69, 9.17) is 11.6 Å². The number of carbonyl (C=O) groups is 1. The largest absolute Gasteiger partial charge is 0.378 e. The first-order valence-corrected chi connectivity index (χ1v) is 7.40. The minimum atomic E-state index is -0.128. The van der Waals surface area contributed by atoms with Crippen molar-refractivity contribution in [3.8, 4) is 0 Å². The first-order valence-electron chi connectivity index (χ1n) is 7.02. The first-order chi connectivity index (χ1) is 10.5. The zero-order chi connectivity index (χ0) is 15.9. The molecular weight excluding hydrogens is 296 g/mol. The number of nitrogens with one attached hydrogen (secondary N) is 1. The van der Waals surface area contributed by atoms with Crippen LogP contribution in [0.3, 0.4) is 0 Å². The fourth-order valence-electron chi connectivity index (χ4n) is 1.94. The molecule has 0 fully saturated rings. The molecule has 1 N–H and O–H groups in total. The Labute approximate surface area is 136 Å². The number of hydrogen-bond acceptors (Lipinski definition) is 2. The third-order valence-electron chi connectivity index (χ3n) is 3.20. The molecule has 0 saturated carbocycles. The Morgan fingerprint density at radius 2 is 1.91 bits per heavy atom. The molecule has 0 heterocycles. The molecule has 0 unspecified atom stereocenters. The molecule has 0 saturated heterocycles. The summed E-state index contributed by atoms with van der Waals surface area (Å²) < 4.78 is 0. The Hall–Kier alpha value is -2.26. The third-order valence-corrected chi connectivity index (χ3v) is 3.43. The summed E-state index contributed by atoms with van der Waals surface area (Å²) in [6, 6.07) is 15.4. The van der Waals surface area contributed by atoms with E-state index >= 15 is 0 Å². The van der Waals surface area contributed by atoms with Gasteiger partial charge in [0.1, 0.15) is 0 Å². The van der Waals surface area contributed by atoms with Crippen LogP contribution in [0.2, 0.25) is 5.02 Å². The normalized spacial score (nSPS) is 10.7. The molecule has 0 aliphatic carbocycles. The van der Waals surface area contributed by atoms with Gasteiger partial charge in [-0.1, -0.05) is 35.9 Å². The zero-order valence-electron chi connectivity index (χ0n) is 12.7. The molecule has 0 aliphatic heterocycles. The predicted molar refractivity (Wildman–Crippen MR) is 93.1 cm³/mol. The van der Waals surface area contributed by atoms with Crippen molar-refractivity contribution in [2.45, 2.75) is 6.54 Å². The standard InChI is InChI=1S/C18H19ClN2O/c1-21(2)17-9-6-15(7-10-17)13-20-18(22)11-8-14-4-3-5-16(19)12-14/h3-12H,13H2,1-2H3,(H,20,22)/b11-8+. The average Bonchev–Trinajstić information content (AvgIpc) is 2.51. The minimum Gasteiger partial charge on any atom is -0.378 e. The molecule has 0 aromatic heterocycles. The number of hydrogen-bond donors (Lipinski definition) is 1. The van der Waals surface area contributed by atoms with E-state index in [1.54, 1.807) is 12.1 Å². The van der Waals surface area contributed by atoms with Crippen molar-refractivity contribution < 1.29 is 4.79 Å². The lowest BCUT2D eigenvalue weighted by atomic mass is 10.2. The topological polar surface area (TPSA) is 32.3 Å². The van der Waals surface area contributed by atoms with Gasteiger partial charge >= 0.3 is 0 Å². The van der Waals surface area contributed by atoms with Crippen molar-refractivity contribution in [1.82, 2.24) is 5.32 Å². The number of amides is 1. The van der Waals surface area contributed by atoms with E-state index in [1.165, 1.54) is 6.08 Å². The Balaban J connectivity index is 1.87. The fraction of sp³-hybridized carbons (Fsp3) is 0.167. The molecule has 0 spiro atoms. The van der Waals surface area contributed by atoms with Crippen LogP contribution in [0.5, 0.6) is 0 Å². The van der Waals surface area contributed by atoms with Crippen molar-refractivity contribution in [2.24, 2.45) is 0 Å². The van der Waals surface area contributed by atoms with Crippen molar-refractivity contribution >= 4 is 29.3 Å². The van der Waals surface area contributed by atoms with Gasteiger partial charge < -0.3 is 10.2 Å². The monoisotopic (exact) mass is 314 g/mol. The summed E-state index contributed by atoms with van der Waals surface area (Å²) >= 11 is 5.90. The lowest BCUT2D eigenvalue weighted by Gasteiger charge is -2.12. The lowest BCUT2D eigenvalue weighted by Crippen LogP contribution is -2.20. The Kier molecular flexibility index (Phi) is 5.61. The highest BCUT2D eigenvalue weighted by Gasteiger charge is 1.99. The van der Waals surface area contributed by atoms with Crippen LogP contribution < -0.4 is 10.2 Å². The average molecular weight is 315 g/mol. The second kappa shape index (κ2) is 7.66. The summed E-state index contributed by atoms with van der Waals surface area (Å²) in [5.74, 6) is -0.128. The van der Waals surface area contributed by atoms with E-state index in [9.17, 15) is 4.79 Å². The van der Waals surface area contributed by atoms with Crippen LogP contribution >= 0.6 is 11.6 Å². The molecule has 0 bridgehead atoms. The summed E-state index contributed by atoms with van der Waals surface area (Å²) in [6.07, 6.45) is 3.26. The highest BCUT2D eigenvalue weighted by Crippen LogP contribution is 2.13. The van der Waals surface area contributed by atoms with E-state index in [0.717, 1.165) is 16.8 Å². The van der Waals surface area contributed by atoms with Crippen molar-refractivity contribution in [3.63, 3.8) is 0 Å². The van der Waals surface area contributed by atoms with Gasteiger partial charge in [-0.15, -0.1) is 0 Å². The summed E-state index contributed by atoms with van der Waals surface area (Å²) in [7, 11) is 3.99.